The lowest BCUT2D eigenvalue weighted by Crippen LogP contribution is -2.43. The fraction of sp³-hybridized carbons (Fsp3) is 0.562. The molecule has 0 spiro atoms. The highest BCUT2D eigenvalue weighted by atomic mass is 16.2. The molecule has 0 bridgehead atoms. The van der Waals surface area contributed by atoms with Crippen LogP contribution in [0.15, 0.2) is 24.3 Å². The van der Waals surface area contributed by atoms with Gasteiger partial charge in [0.2, 0.25) is 5.91 Å². The van der Waals surface area contributed by atoms with Crippen LogP contribution < -0.4 is 5.73 Å². The molecule has 3 nitrogen and oxygen atoms in total. The summed E-state index contributed by atoms with van der Waals surface area (Å²) in [6.07, 6.45) is 3.14. The molecule has 2 atom stereocenters. The second-order valence-electron chi connectivity index (χ2n) is 5.53. The van der Waals surface area contributed by atoms with Crippen molar-refractivity contribution in [3.05, 3.63) is 35.4 Å². The van der Waals surface area contributed by atoms with Crippen LogP contribution in [0.25, 0.3) is 0 Å². The molecule has 0 saturated carbocycles. The number of aryl methyl sites for hydroxylation is 1. The first kappa shape index (κ1) is 14.1. The van der Waals surface area contributed by atoms with E-state index in [-0.39, 0.29) is 17.9 Å². The molecule has 0 radical (unpaired) electrons. The van der Waals surface area contributed by atoms with Crippen LogP contribution in [0.4, 0.5) is 0 Å². The van der Waals surface area contributed by atoms with Gasteiger partial charge in [0.1, 0.15) is 0 Å². The third kappa shape index (κ3) is 3.35. The summed E-state index contributed by atoms with van der Waals surface area (Å²) in [5.41, 5.74) is 8.66. The quantitative estimate of drug-likeness (QED) is 0.904. The van der Waals surface area contributed by atoms with Gasteiger partial charge in [-0.1, -0.05) is 38.1 Å². The SMILES string of the molecule is CCc1ccc(C(N)CN2CCCC(C)C2=O)cc1. The highest BCUT2D eigenvalue weighted by Crippen LogP contribution is 2.20. The second kappa shape index (κ2) is 6.20. The molecule has 19 heavy (non-hydrogen) atoms. The summed E-state index contributed by atoms with van der Waals surface area (Å²) in [5.74, 6) is 0.412. The number of carbonyl (C=O) groups is 1. The van der Waals surface area contributed by atoms with Crippen LogP contribution in [0.5, 0.6) is 0 Å². The minimum atomic E-state index is -0.0832. The Kier molecular flexibility index (Phi) is 4.59. The van der Waals surface area contributed by atoms with E-state index in [1.807, 2.05) is 11.8 Å². The number of piperidine rings is 1. The Labute approximate surface area is 115 Å². The second-order valence-corrected chi connectivity index (χ2v) is 5.53. The maximum absolute atomic E-state index is 12.1. The van der Waals surface area contributed by atoms with E-state index in [1.54, 1.807) is 0 Å². The molecule has 2 N–H and O–H groups in total. The van der Waals surface area contributed by atoms with Crippen LogP contribution in [-0.4, -0.2) is 23.9 Å². The summed E-state index contributed by atoms with van der Waals surface area (Å²) in [5, 5.41) is 0. The molecule has 0 aliphatic carbocycles. The molecule has 2 unspecified atom stereocenters. The van der Waals surface area contributed by atoms with Crippen LogP contribution >= 0.6 is 0 Å². The average molecular weight is 260 g/mol. The third-order valence-corrected chi connectivity index (χ3v) is 4.03. The predicted molar refractivity (Wildman–Crippen MR) is 77.7 cm³/mol. The van der Waals surface area contributed by atoms with Crippen LogP contribution in [0, 0.1) is 5.92 Å². The molecule has 1 aliphatic rings. The van der Waals surface area contributed by atoms with Crippen LogP contribution in [-0.2, 0) is 11.2 Å². The summed E-state index contributed by atoms with van der Waals surface area (Å²) in [6, 6.07) is 8.33. The Morgan fingerprint density at radius 3 is 2.68 bits per heavy atom. The topological polar surface area (TPSA) is 46.3 Å². The Bertz CT molecular complexity index is 427. The van der Waals surface area contributed by atoms with Crippen molar-refractivity contribution in [1.82, 2.24) is 4.90 Å². The normalized spacial score (nSPS) is 21.5. The molecule has 1 aromatic rings. The summed E-state index contributed by atoms with van der Waals surface area (Å²) < 4.78 is 0. The number of benzene rings is 1. The zero-order valence-electron chi connectivity index (χ0n) is 11.9. The monoisotopic (exact) mass is 260 g/mol. The number of hydrogen-bond acceptors (Lipinski definition) is 2. The predicted octanol–water partition coefficient (Wildman–Crippen LogP) is 2.51. The maximum atomic E-state index is 12.1. The van der Waals surface area contributed by atoms with Crippen LogP contribution in [0.1, 0.15) is 43.9 Å². The van der Waals surface area contributed by atoms with E-state index >= 15 is 0 Å². The number of amides is 1. The fourth-order valence-electron chi connectivity index (χ4n) is 2.66. The third-order valence-electron chi connectivity index (χ3n) is 4.03. The molecule has 3 heteroatoms. The number of nitrogens with zero attached hydrogens (tertiary/aromatic N) is 1. The summed E-state index contributed by atoms with van der Waals surface area (Å²) in [6.45, 7) is 5.64. The first-order valence-electron chi connectivity index (χ1n) is 7.25. The lowest BCUT2D eigenvalue weighted by atomic mass is 9.97. The van der Waals surface area contributed by atoms with E-state index in [0.29, 0.717) is 6.54 Å². The van der Waals surface area contributed by atoms with E-state index in [1.165, 1.54) is 5.56 Å². The van der Waals surface area contributed by atoms with Crippen molar-refractivity contribution in [3.63, 3.8) is 0 Å². The Balaban J connectivity index is 1.99. The lowest BCUT2D eigenvalue weighted by molar-refractivity contribution is -0.138. The number of nitrogens with two attached hydrogens (primary N) is 1. The molecule has 1 aliphatic heterocycles. The van der Waals surface area contributed by atoms with Gasteiger partial charge in [-0.25, -0.2) is 0 Å². The van der Waals surface area contributed by atoms with E-state index in [4.69, 9.17) is 5.73 Å². The van der Waals surface area contributed by atoms with Crippen molar-refractivity contribution in [2.24, 2.45) is 11.7 Å². The molecular formula is C16H24N2O. The number of hydrogen-bond donors (Lipinski definition) is 1. The van der Waals surface area contributed by atoms with Gasteiger partial charge in [-0.2, -0.15) is 0 Å². The van der Waals surface area contributed by atoms with Gasteiger partial charge < -0.3 is 10.6 Å². The van der Waals surface area contributed by atoms with Gasteiger partial charge in [-0.15, -0.1) is 0 Å². The van der Waals surface area contributed by atoms with Gasteiger partial charge >= 0.3 is 0 Å². The first-order valence-corrected chi connectivity index (χ1v) is 7.25. The van der Waals surface area contributed by atoms with Gasteiger partial charge in [0.15, 0.2) is 0 Å². The number of carbonyl (C=O) groups excluding carboxylic acids is 1. The lowest BCUT2D eigenvalue weighted by Gasteiger charge is -2.32. The van der Waals surface area contributed by atoms with Gasteiger partial charge in [-0.05, 0) is 30.4 Å². The van der Waals surface area contributed by atoms with Gasteiger partial charge in [0.05, 0.1) is 0 Å². The van der Waals surface area contributed by atoms with Gasteiger partial charge in [0.25, 0.3) is 0 Å². The van der Waals surface area contributed by atoms with E-state index in [0.717, 1.165) is 31.4 Å². The molecular weight excluding hydrogens is 236 g/mol. The average Bonchev–Trinajstić information content (AvgIpc) is 2.44. The molecule has 1 saturated heterocycles. The molecule has 2 rings (SSSR count). The molecule has 0 aromatic heterocycles. The number of likely N-dealkylation sites (tertiary alicyclic amines) is 1. The van der Waals surface area contributed by atoms with Gasteiger partial charge in [-0.3, -0.25) is 4.79 Å². The molecule has 1 aromatic carbocycles. The molecule has 1 fully saturated rings. The first-order chi connectivity index (χ1) is 9.11. The Morgan fingerprint density at radius 1 is 1.37 bits per heavy atom. The minimum Gasteiger partial charge on any atom is -0.341 e. The van der Waals surface area contributed by atoms with Gasteiger partial charge in [0, 0.05) is 25.0 Å². The van der Waals surface area contributed by atoms with Crippen molar-refractivity contribution in [1.29, 1.82) is 0 Å². The van der Waals surface area contributed by atoms with Crippen LogP contribution in [0.2, 0.25) is 0 Å². The van der Waals surface area contributed by atoms with Crippen molar-refractivity contribution in [2.45, 2.75) is 39.2 Å². The summed E-state index contributed by atoms with van der Waals surface area (Å²) in [4.78, 5) is 14.0. The molecule has 1 heterocycles. The summed E-state index contributed by atoms with van der Waals surface area (Å²) >= 11 is 0. The Hall–Kier alpha value is -1.35. The standard InChI is InChI=1S/C16H24N2O/c1-3-13-6-8-14(9-7-13)15(17)11-18-10-4-5-12(2)16(18)19/h6-9,12,15H,3-5,10-11,17H2,1-2H3. The summed E-state index contributed by atoms with van der Waals surface area (Å²) in [7, 11) is 0. The van der Waals surface area contributed by atoms with Crippen LogP contribution in [0.3, 0.4) is 0 Å². The van der Waals surface area contributed by atoms with Crippen molar-refractivity contribution < 1.29 is 4.79 Å². The van der Waals surface area contributed by atoms with Crippen molar-refractivity contribution >= 4 is 5.91 Å². The van der Waals surface area contributed by atoms with E-state index < -0.39 is 0 Å². The van der Waals surface area contributed by atoms with Crippen molar-refractivity contribution in [2.75, 3.05) is 13.1 Å². The minimum absolute atomic E-state index is 0.0832. The molecule has 1 amide bonds. The smallest absolute Gasteiger partial charge is 0.225 e. The van der Waals surface area contributed by atoms with E-state index in [9.17, 15) is 4.79 Å². The zero-order chi connectivity index (χ0) is 13.8. The fourth-order valence-corrected chi connectivity index (χ4v) is 2.66. The van der Waals surface area contributed by atoms with Crippen molar-refractivity contribution in [3.8, 4) is 0 Å². The largest absolute Gasteiger partial charge is 0.341 e. The maximum Gasteiger partial charge on any atom is 0.225 e. The molecule has 104 valence electrons. The number of rotatable bonds is 4. The zero-order valence-corrected chi connectivity index (χ0v) is 11.9. The van der Waals surface area contributed by atoms with E-state index in [2.05, 4.69) is 31.2 Å². The highest BCUT2D eigenvalue weighted by Gasteiger charge is 2.26. The Morgan fingerprint density at radius 2 is 2.05 bits per heavy atom. The highest BCUT2D eigenvalue weighted by molar-refractivity contribution is 5.79.